The second-order valence-electron chi connectivity index (χ2n) is 7.58. The fourth-order valence-electron chi connectivity index (χ4n) is 3.26. The van der Waals surface area contributed by atoms with E-state index in [0.717, 1.165) is 29.5 Å². The van der Waals surface area contributed by atoms with Gasteiger partial charge in [0.1, 0.15) is 17.4 Å². The van der Waals surface area contributed by atoms with Crippen molar-refractivity contribution in [2.45, 2.75) is 0 Å². The van der Waals surface area contributed by atoms with Crippen LogP contribution < -0.4 is 20.1 Å². The molecule has 1 aromatic heterocycles. The van der Waals surface area contributed by atoms with Crippen LogP contribution in [0.25, 0.3) is 21.7 Å². The summed E-state index contributed by atoms with van der Waals surface area (Å²) in [5.41, 5.74) is 2.26. The Kier molecular flexibility index (Phi) is 7.17. The maximum atomic E-state index is 13.9. The molecule has 0 atom stereocenters. The summed E-state index contributed by atoms with van der Waals surface area (Å²) in [5.74, 6) is -1.01. The number of aromatic nitrogens is 1. The van der Waals surface area contributed by atoms with E-state index in [0.29, 0.717) is 28.1 Å². The van der Waals surface area contributed by atoms with E-state index in [2.05, 4.69) is 20.3 Å². The normalized spacial score (nSPS) is 11.1. The Morgan fingerprint density at radius 3 is 2.22 bits per heavy atom. The van der Waals surface area contributed by atoms with Gasteiger partial charge < -0.3 is 10.1 Å². The molecule has 8 nitrogen and oxygen atoms in total. The van der Waals surface area contributed by atoms with Gasteiger partial charge in [0.25, 0.3) is 0 Å². The van der Waals surface area contributed by atoms with E-state index in [4.69, 9.17) is 4.74 Å². The van der Waals surface area contributed by atoms with Gasteiger partial charge in [-0.15, -0.1) is 0 Å². The van der Waals surface area contributed by atoms with Crippen LogP contribution in [0, 0.1) is 11.6 Å². The number of urea groups is 1. The molecule has 0 unspecified atom stereocenters. The number of hydrogen-bond acceptors (Lipinski definition) is 6. The number of amides is 2. The first kappa shape index (κ1) is 25.1. The summed E-state index contributed by atoms with van der Waals surface area (Å²) in [4.78, 5) is 17.7. The van der Waals surface area contributed by atoms with Gasteiger partial charge in [-0.2, -0.15) is 0 Å². The zero-order chi connectivity index (χ0) is 25.9. The third kappa shape index (κ3) is 6.15. The lowest BCUT2D eigenvalue weighted by atomic mass is 10.1. The molecule has 0 saturated heterocycles. The van der Waals surface area contributed by atoms with Gasteiger partial charge in [0.2, 0.25) is 10.0 Å². The number of carbonyl (C=O) groups excluding carboxylic acids is 1. The van der Waals surface area contributed by atoms with Crippen molar-refractivity contribution in [2.75, 3.05) is 28.7 Å². The molecule has 3 N–H and O–H groups in total. The average molecular weight is 531 g/mol. The highest BCUT2D eigenvalue weighted by atomic mass is 32.2. The third-order valence-electron chi connectivity index (χ3n) is 4.84. The molecular weight excluding hydrogens is 510 g/mol. The molecule has 0 fully saturated rings. The van der Waals surface area contributed by atoms with Crippen molar-refractivity contribution in [1.82, 2.24) is 4.98 Å². The van der Waals surface area contributed by atoms with Crippen LogP contribution >= 0.6 is 11.3 Å². The van der Waals surface area contributed by atoms with E-state index in [1.54, 1.807) is 43.5 Å². The van der Waals surface area contributed by atoms with Gasteiger partial charge in [-0.1, -0.05) is 23.5 Å². The summed E-state index contributed by atoms with van der Waals surface area (Å²) in [6.45, 7) is 0. The Morgan fingerprint density at radius 1 is 0.944 bits per heavy atom. The number of halogens is 2. The number of nitrogens with zero attached hydrogens (tertiary/aromatic N) is 1. The van der Waals surface area contributed by atoms with E-state index >= 15 is 0 Å². The summed E-state index contributed by atoms with van der Waals surface area (Å²) >= 11 is 1.18. The number of nitrogens with one attached hydrogen (secondary N) is 3. The van der Waals surface area contributed by atoms with E-state index in [9.17, 15) is 22.0 Å². The van der Waals surface area contributed by atoms with Crippen molar-refractivity contribution in [3.05, 3.63) is 78.4 Å². The molecule has 0 saturated carbocycles. The van der Waals surface area contributed by atoms with Crippen LogP contribution in [0.2, 0.25) is 0 Å². The minimum atomic E-state index is -3.43. The van der Waals surface area contributed by atoms with Crippen molar-refractivity contribution in [1.29, 1.82) is 0 Å². The van der Waals surface area contributed by atoms with Gasteiger partial charge in [0.05, 0.1) is 29.6 Å². The first-order valence-corrected chi connectivity index (χ1v) is 13.1. The minimum Gasteiger partial charge on any atom is -0.497 e. The fourth-order valence-corrected chi connectivity index (χ4v) is 4.81. The lowest BCUT2D eigenvalue weighted by Gasteiger charge is -2.07. The maximum absolute atomic E-state index is 13.9. The van der Waals surface area contributed by atoms with Crippen molar-refractivity contribution in [3.8, 4) is 27.4 Å². The molecule has 36 heavy (non-hydrogen) atoms. The first-order valence-electron chi connectivity index (χ1n) is 10.4. The topological polar surface area (TPSA) is 109 Å². The second-order valence-corrected chi connectivity index (χ2v) is 10.3. The van der Waals surface area contributed by atoms with Crippen LogP contribution in [-0.4, -0.2) is 32.8 Å². The molecule has 1 heterocycles. The Hall–Kier alpha value is -4.03. The molecule has 0 aliphatic carbocycles. The van der Waals surface area contributed by atoms with Crippen molar-refractivity contribution < 1.29 is 26.7 Å². The van der Waals surface area contributed by atoms with Crippen molar-refractivity contribution in [3.63, 3.8) is 0 Å². The predicted molar refractivity (Wildman–Crippen MR) is 137 cm³/mol. The number of methoxy groups -OCH3 is 1. The lowest BCUT2D eigenvalue weighted by molar-refractivity contribution is 0.262. The quantitative estimate of drug-likeness (QED) is 0.281. The number of ether oxygens (including phenoxy) is 1. The summed E-state index contributed by atoms with van der Waals surface area (Å²) in [6, 6.07) is 15.9. The highest BCUT2D eigenvalue weighted by molar-refractivity contribution is 7.92. The van der Waals surface area contributed by atoms with Crippen LogP contribution in [-0.2, 0) is 10.0 Å². The maximum Gasteiger partial charge on any atom is 0.325 e. The van der Waals surface area contributed by atoms with Crippen LogP contribution in [0.15, 0.2) is 66.7 Å². The zero-order valence-electron chi connectivity index (χ0n) is 19.0. The van der Waals surface area contributed by atoms with Crippen molar-refractivity contribution >= 4 is 43.9 Å². The minimum absolute atomic E-state index is 0.185. The van der Waals surface area contributed by atoms with Crippen molar-refractivity contribution in [2.24, 2.45) is 0 Å². The molecule has 0 aliphatic heterocycles. The van der Waals surface area contributed by atoms with Crippen LogP contribution in [0.3, 0.4) is 0 Å². The molecule has 186 valence electrons. The molecule has 0 spiro atoms. The number of hydrogen-bond donors (Lipinski definition) is 3. The average Bonchev–Trinajstić information content (AvgIpc) is 3.24. The Bertz CT molecular complexity index is 1510. The number of carbonyl (C=O) groups is 1. The molecule has 0 aliphatic rings. The van der Waals surface area contributed by atoms with Gasteiger partial charge in [0.15, 0.2) is 5.13 Å². The van der Waals surface area contributed by atoms with Gasteiger partial charge in [-0.25, -0.2) is 27.0 Å². The highest BCUT2D eigenvalue weighted by Crippen LogP contribution is 2.40. The highest BCUT2D eigenvalue weighted by Gasteiger charge is 2.18. The van der Waals surface area contributed by atoms with Gasteiger partial charge in [-0.3, -0.25) is 10.0 Å². The number of thiazole rings is 1. The summed E-state index contributed by atoms with van der Waals surface area (Å²) < 4.78 is 57.7. The number of benzene rings is 3. The number of anilines is 3. The molecular formula is C24H20F2N4O4S2. The first-order chi connectivity index (χ1) is 17.1. The monoisotopic (exact) mass is 530 g/mol. The Balaban J connectivity index is 1.65. The van der Waals surface area contributed by atoms with Crippen LogP contribution in [0.4, 0.5) is 30.1 Å². The van der Waals surface area contributed by atoms with Gasteiger partial charge in [0, 0.05) is 17.3 Å². The number of sulfonamides is 1. The van der Waals surface area contributed by atoms with Crippen LogP contribution in [0.5, 0.6) is 5.75 Å². The van der Waals surface area contributed by atoms with E-state index in [1.807, 2.05) is 12.1 Å². The Morgan fingerprint density at radius 2 is 1.61 bits per heavy atom. The van der Waals surface area contributed by atoms with E-state index in [-0.39, 0.29) is 10.8 Å². The van der Waals surface area contributed by atoms with Gasteiger partial charge in [-0.05, 0) is 54.1 Å². The third-order valence-corrected chi connectivity index (χ3v) is 6.47. The zero-order valence-corrected chi connectivity index (χ0v) is 20.6. The molecule has 2 amide bonds. The molecule has 4 aromatic rings. The SMILES string of the molecule is COc1ccc(-c2nc(NC(=O)Nc3ccc(F)cc3F)sc2-c2ccc(NS(C)(=O)=O)cc2)cc1. The molecule has 0 bridgehead atoms. The van der Waals surface area contributed by atoms with Gasteiger partial charge >= 0.3 is 6.03 Å². The van der Waals surface area contributed by atoms with Crippen LogP contribution in [0.1, 0.15) is 0 Å². The summed E-state index contributed by atoms with van der Waals surface area (Å²) in [6.07, 6.45) is 1.06. The lowest BCUT2D eigenvalue weighted by Crippen LogP contribution is -2.20. The largest absolute Gasteiger partial charge is 0.497 e. The van der Waals surface area contributed by atoms with E-state index in [1.165, 1.54) is 11.3 Å². The predicted octanol–water partition coefficient (Wildman–Crippen LogP) is 5.78. The van der Waals surface area contributed by atoms with E-state index < -0.39 is 27.7 Å². The Labute approximate surface area is 210 Å². The molecule has 0 radical (unpaired) electrons. The fraction of sp³-hybridized carbons (Fsp3) is 0.0833. The summed E-state index contributed by atoms with van der Waals surface area (Å²) in [7, 11) is -1.87. The summed E-state index contributed by atoms with van der Waals surface area (Å²) in [5, 5.41) is 5.14. The molecule has 12 heteroatoms. The smallest absolute Gasteiger partial charge is 0.325 e. The second kappa shape index (κ2) is 10.3. The standard InChI is InChI=1S/C24H20F2N4O4S2/c1-34-18-10-5-14(6-11-18)21-22(15-3-8-17(9-4-15)30-36(2,32)33)35-24(28-21)29-23(31)27-20-12-7-16(25)13-19(20)26/h3-13,30H,1-2H3,(H2,27,28,29,31). The molecule has 3 aromatic carbocycles. The molecule has 4 rings (SSSR count). The number of rotatable bonds is 7.